The predicted octanol–water partition coefficient (Wildman–Crippen LogP) is 4.08. The largest absolute Gasteiger partial charge is 0.297 e. The summed E-state index contributed by atoms with van der Waals surface area (Å²) in [6.45, 7) is 13.1. The van der Waals surface area contributed by atoms with Crippen molar-refractivity contribution in [3.05, 3.63) is 0 Å². The summed E-state index contributed by atoms with van der Waals surface area (Å²) in [4.78, 5) is 2.76. The molecule has 1 aliphatic heterocycles. The minimum absolute atomic E-state index is 0.509. The van der Waals surface area contributed by atoms with Crippen molar-refractivity contribution in [1.82, 2.24) is 4.90 Å². The second-order valence-corrected chi connectivity index (χ2v) is 5.72. The van der Waals surface area contributed by atoms with E-state index >= 15 is 0 Å². The third kappa shape index (κ3) is 2.75. The van der Waals surface area contributed by atoms with E-state index in [1.54, 1.807) is 0 Å². The lowest BCUT2D eigenvalue weighted by atomic mass is 9.79. The molecule has 1 nitrogen and oxygen atoms in total. The molecule has 0 amide bonds. The standard InChI is InChI=1S/C14H29N/c1-6-11-14(4,5)13-10-9-12(7-2)15(13)8-3/h12-13H,6-11H2,1-5H3. The molecular formula is C14H29N. The molecule has 0 aromatic heterocycles. The third-order valence-electron chi connectivity index (χ3n) is 4.28. The minimum Gasteiger partial charge on any atom is -0.297 e. The van der Waals surface area contributed by atoms with Crippen molar-refractivity contribution in [1.29, 1.82) is 0 Å². The Labute approximate surface area is 96.2 Å². The molecule has 0 radical (unpaired) electrons. The first-order chi connectivity index (χ1) is 7.06. The van der Waals surface area contributed by atoms with E-state index in [-0.39, 0.29) is 0 Å². The molecule has 0 aromatic rings. The van der Waals surface area contributed by atoms with E-state index in [1.165, 1.54) is 38.6 Å². The minimum atomic E-state index is 0.509. The fraction of sp³-hybridized carbons (Fsp3) is 1.00. The Balaban J connectivity index is 2.69. The highest BCUT2D eigenvalue weighted by atomic mass is 15.2. The monoisotopic (exact) mass is 211 g/mol. The lowest BCUT2D eigenvalue weighted by Crippen LogP contribution is -2.44. The van der Waals surface area contributed by atoms with Crippen molar-refractivity contribution in [2.75, 3.05) is 6.54 Å². The topological polar surface area (TPSA) is 3.24 Å². The number of nitrogens with zero attached hydrogens (tertiary/aromatic N) is 1. The van der Waals surface area contributed by atoms with Crippen LogP contribution in [-0.2, 0) is 0 Å². The number of rotatable bonds is 5. The van der Waals surface area contributed by atoms with Gasteiger partial charge in [-0.25, -0.2) is 0 Å². The van der Waals surface area contributed by atoms with E-state index in [1.807, 2.05) is 0 Å². The molecule has 0 saturated carbocycles. The maximum Gasteiger partial charge on any atom is 0.0150 e. The highest BCUT2D eigenvalue weighted by Crippen LogP contribution is 2.39. The molecule has 90 valence electrons. The Morgan fingerprint density at radius 1 is 1.13 bits per heavy atom. The normalized spacial score (nSPS) is 28.6. The van der Waals surface area contributed by atoms with Crippen LogP contribution < -0.4 is 0 Å². The van der Waals surface area contributed by atoms with Gasteiger partial charge in [-0.15, -0.1) is 0 Å². The summed E-state index contributed by atoms with van der Waals surface area (Å²) in [6, 6.07) is 1.68. The molecular weight excluding hydrogens is 182 g/mol. The lowest BCUT2D eigenvalue weighted by molar-refractivity contribution is 0.0926. The Morgan fingerprint density at radius 2 is 1.80 bits per heavy atom. The lowest BCUT2D eigenvalue weighted by Gasteiger charge is -2.39. The van der Waals surface area contributed by atoms with Gasteiger partial charge in [0.1, 0.15) is 0 Å². The van der Waals surface area contributed by atoms with Crippen molar-refractivity contribution in [3.63, 3.8) is 0 Å². The maximum atomic E-state index is 2.76. The van der Waals surface area contributed by atoms with Crippen LogP contribution >= 0.6 is 0 Å². The molecule has 1 heteroatoms. The van der Waals surface area contributed by atoms with Crippen LogP contribution in [0.15, 0.2) is 0 Å². The second-order valence-electron chi connectivity index (χ2n) is 5.72. The highest BCUT2D eigenvalue weighted by molar-refractivity contribution is 4.94. The average molecular weight is 211 g/mol. The van der Waals surface area contributed by atoms with Gasteiger partial charge >= 0.3 is 0 Å². The molecule has 15 heavy (non-hydrogen) atoms. The summed E-state index contributed by atoms with van der Waals surface area (Å²) in [7, 11) is 0. The summed E-state index contributed by atoms with van der Waals surface area (Å²) >= 11 is 0. The Hall–Kier alpha value is -0.0400. The van der Waals surface area contributed by atoms with Gasteiger partial charge in [-0.3, -0.25) is 4.90 Å². The van der Waals surface area contributed by atoms with Gasteiger partial charge in [-0.05, 0) is 37.6 Å². The fourth-order valence-electron chi connectivity index (χ4n) is 3.50. The van der Waals surface area contributed by atoms with Crippen molar-refractivity contribution in [2.24, 2.45) is 5.41 Å². The van der Waals surface area contributed by atoms with Crippen LogP contribution in [0.5, 0.6) is 0 Å². The second kappa shape index (κ2) is 5.34. The van der Waals surface area contributed by atoms with Gasteiger partial charge < -0.3 is 0 Å². The van der Waals surface area contributed by atoms with Crippen LogP contribution in [0.3, 0.4) is 0 Å². The summed E-state index contributed by atoms with van der Waals surface area (Å²) < 4.78 is 0. The van der Waals surface area contributed by atoms with E-state index in [0.717, 1.165) is 12.1 Å². The van der Waals surface area contributed by atoms with Gasteiger partial charge in [0.05, 0.1) is 0 Å². The van der Waals surface area contributed by atoms with Gasteiger partial charge in [-0.2, -0.15) is 0 Å². The van der Waals surface area contributed by atoms with Crippen molar-refractivity contribution in [2.45, 2.75) is 78.8 Å². The maximum absolute atomic E-state index is 2.76. The highest BCUT2D eigenvalue weighted by Gasteiger charge is 2.39. The van der Waals surface area contributed by atoms with Crippen LogP contribution in [0.25, 0.3) is 0 Å². The van der Waals surface area contributed by atoms with Gasteiger partial charge in [0.2, 0.25) is 0 Å². The van der Waals surface area contributed by atoms with Crippen LogP contribution in [-0.4, -0.2) is 23.5 Å². The van der Waals surface area contributed by atoms with Crippen LogP contribution in [0.2, 0.25) is 0 Å². The third-order valence-corrected chi connectivity index (χ3v) is 4.28. The molecule has 1 rings (SSSR count). The van der Waals surface area contributed by atoms with E-state index < -0.39 is 0 Å². The fourth-order valence-corrected chi connectivity index (χ4v) is 3.50. The summed E-state index contributed by atoms with van der Waals surface area (Å²) in [6.07, 6.45) is 6.84. The molecule has 1 fully saturated rings. The quantitative estimate of drug-likeness (QED) is 0.662. The SMILES string of the molecule is CCCC(C)(C)C1CCC(CC)N1CC. The zero-order valence-electron chi connectivity index (χ0n) is 11.3. The first-order valence-corrected chi connectivity index (χ1v) is 6.82. The molecule has 0 aromatic carbocycles. The molecule has 2 unspecified atom stereocenters. The smallest absolute Gasteiger partial charge is 0.0150 e. The summed E-state index contributed by atoms with van der Waals surface area (Å²) in [5, 5.41) is 0. The number of hydrogen-bond acceptors (Lipinski definition) is 1. The molecule has 2 atom stereocenters. The Morgan fingerprint density at radius 3 is 2.27 bits per heavy atom. The Bertz CT molecular complexity index is 186. The molecule has 0 aliphatic carbocycles. The van der Waals surface area contributed by atoms with Crippen molar-refractivity contribution >= 4 is 0 Å². The van der Waals surface area contributed by atoms with Crippen LogP contribution in [0.4, 0.5) is 0 Å². The van der Waals surface area contributed by atoms with Crippen molar-refractivity contribution in [3.8, 4) is 0 Å². The van der Waals surface area contributed by atoms with E-state index in [2.05, 4.69) is 39.5 Å². The first-order valence-electron chi connectivity index (χ1n) is 6.82. The number of hydrogen-bond donors (Lipinski definition) is 0. The van der Waals surface area contributed by atoms with Crippen LogP contribution in [0, 0.1) is 5.41 Å². The summed E-state index contributed by atoms with van der Waals surface area (Å²) in [5.41, 5.74) is 0.509. The predicted molar refractivity (Wildman–Crippen MR) is 68.2 cm³/mol. The van der Waals surface area contributed by atoms with Gasteiger partial charge in [-0.1, -0.05) is 41.0 Å². The van der Waals surface area contributed by atoms with E-state index in [9.17, 15) is 0 Å². The molecule has 1 aliphatic rings. The zero-order chi connectivity index (χ0) is 11.5. The zero-order valence-corrected chi connectivity index (χ0v) is 11.3. The Kier molecular flexibility index (Phi) is 4.64. The first kappa shape index (κ1) is 13.0. The molecule has 1 heterocycles. The van der Waals surface area contributed by atoms with E-state index in [0.29, 0.717) is 5.41 Å². The van der Waals surface area contributed by atoms with Gasteiger partial charge in [0.15, 0.2) is 0 Å². The number of likely N-dealkylation sites (tertiary alicyclic amines) is 1. The molecule has 0 N–H and O–H groups in total. The molecule has 0 spiro atoms. The van der Waals surface area contributed by atoms with Gasteiger partial charge in [0, 0.05) is 12.1 Å². The summed E-state index contributed by atoms with van der Waals surface area (Å²) in [5.74, 6) is 0. The molecule has 0 bridgehead atoms. The van der Waals surface area contributed by atoms with E-state index in [4.69, 9.17) is 0 Å². The van der Waals surface area contributed by atoms with Crippen LogP contribution in [0.1, 0.15) is 66.7 Å². The van der Waals surface area contributed by atoms with Gasteiger partial charge in [0.25, 0.3) is 0 Å². The molecule has 1 saturated heterocycles. The average Bonchev–Trinajstić information content (AvgIpc) is 2.60. The van der Waals surface area contributed by atoms with Crippen molar-refractivity contribution < 1.29 is 0 Å².